The molecule has 108 valence electrons. The van der Waals surface area contributed by atoms with Crippen molar-refractivity contribution in [2.45, 2.75) is 37.5 Å². The lowest BCUT2D eigenvalue weighted by Gasteiger charge is -2.36. The molecular weight excluding hydrogens is 270 g/mol. The fourth-order valence-corrected chi connectivity index (χ4v) is 3.82. The molecule has 20 heavy (non-hydrogen) atoms. The van der Waals surface area contributed by atoms with Crippen LogP contribution in [0, 0.1) is 5.41 Å². The van der Waals surface area contributed by atoms with Crippen LogP contribution in [-0.2, 0) is 9.59 Å². The first-order chi connectivity index (χ1) is 9.60. The molecule has 0 bridgehead atoms. The number of ketones is 1. The minimum Gasteiger partial charge on any atom is -0.356 e. The third-order valence-electron chi connectivity index (χ3n) is 3.74. The number of carbonyl (C=O) groups excluding carboxylic acids is 2. The predicted molar refractivity (Wildman–Crippen MR) is 81.8 cm³/mol. The largest absolute Gasteiger partial charge is 0.356 e. The summed E-state index contributed by atoms with van der Waals surface area (Å²) in [5.74, 6) is 1.19. The first-order valence-electron chi connectivity index (χ1n) is 7.04. The van der Waals surface area contributed by atoms with Crippen molar-refractivity contribution < 1.29 is 9.59 Å². The number of amides is 1. The van der Waals surface area contributed by atoms with Crippen LogP contribution in [0.1, 0.15) is 32.6 Å². The van der Waals surface area contributed by atoms with E-state index in [0.717, 1.165) is 18.6 Å². The van der Waals surface area contributed by atoms with Crippen LogP contribution >= 0.6 is 11.8 Å². The number of thioether (sulfide) groups is 1. The summed E-state index contributed by atoms with van der Waals surface area (Å²) in [6.07, 6.45) is 3.23. The van der Waals surface area contributed by atoms with Crippen molar-refractivity contribution in [1.29, 1.82) is 0 Å². The van der Waals surface area contributed by atoms with E-state index >= 15 is 0 Å². The Kier molecular flexibility index (Phi) is 5.24. The van der Waals surface area contributed by atoms with Gasteiger partial charge in [-0.15, -0.1) is 11.8 Å². The second-order valence-corrected chi connectivity index (χ2v) is 6.63. The van der Waals surface area contributed by atoms with Gasteiger partial charge < -0.3 is 5.32 Å². The number of carbonyl (C=O) groups is 2. The molecule has 0 saturated heterocycles. The van der Waals surface area contributed by atoms with E-state index in [2.05, 4.69) is 17.4 Å². The standard InChI is InChI=1S/C16H21NO2S/c1-13(18)17-11-16(9-5-6-14(19)10-16)12-20-15-7-3-2-4-8-15/h2-4,7-8H,5-6,9-12H2,1H3,(H,17,18). The van der Waals surface area contributed by atoms with Crippen molar-refractivity contribution in [3.05, 3.63) is 30.3 Å². The summed E-state index contributed by atoms with van der Waals surface area (Å²) in [4.78, 5) is 24.2. The van der Waals surface area contributed by atoms with E-state index in [-0.39, 0.29) is 11.3 Å². The van der Waals surface area contributed by atoms with E-state index in [1.807, 2.05) is 18.2 Å². The average molecular weight is 291 g/mol. The predicted octanol–water partition coefficient (Wildman–Crippen LogP) is 3.04. The molecule has 1 N–H and O–H groups in total. The molecular formula is C16H21NO2S. The minimum atomic E-state index is -0.0818. The maximum atomic E-state index is 11.8. The number of rotatable bonds is 5. The summed E-state index contributed by atoms with van der Waals surface area (Å²) in [6, 6.07) is 10.2. The van der Waals surface area contributed by atoms with Gasteiger partial charge in [0.05, 0.1) is 0 Å². The second kappa shape index (κ2) is 6.93. The Morgan fingerprint density at radius 3 is 2.75 bits per heavy atom. The zero-order chi connectivity index (χ0) is 14.4. The topological polar surface area (TPSA) is 46.2 Å². The van der Waals surface area contributed by atoms with Crippen molar-refractivity contribution in [2.75, 3.05) is 12.3 Å². The molecule has 1 unspecified atom stereocenters. The SMILES string of the molecule is CC(=O)NCC1(CSc2ccccc2)CCCC(=O)C1. The van der Waals surface area contributed by atoms with Crippen LogP contribution in [0.15, 0.2) is 35.2 Å². The van der Waals surface area contributed by atoms with Crippen LogP contribution in [0.5, 0.6) is 0 Å². The summed E-state index contributed by atoms with van der Waals surface area (Å²) in [5, 5.41) is 2.91. The Labute approximate surface area is 124 Å². The van der Waals surface area contributed by atoms with Gasteiger partial charge in [-0.1, -0.05) is 18.2 Å². The molecule has 0 aliphatic heterocycles. The zero-order valence-electron chi connectivity index (χ0n) is 11.9. The number of hydrogen-bond donors (Lipinski definition) is 1. The van der Waals surface area contributed by atoms with E-state index < -0.39 is 0 Å². The van der Waals surface area contributed by atoms with Crippen LogP contribution in [0.4, 0.5) is 0 Å². The summed E-state index contributed by atoms with van der Waals surface area (Å²) < 4.78 is 0. The highest BCUT2D eigenvalue weighted by molar-refractivity contribution is 7.99. The first kappa shape index (κ1) is 15.1. The van der Waals surface area contributed by atoms with E-state index in [9.17, 15) is 9.59 Å². The molecule has 0 radical (unpaired) electrons. The minimum absolute atomic E-state index is 0.0212. The molecule has 2 rings (SSSR count). The summed E-state index contributed by atoms with van der Waals surface area (Å²) in [6.45, 7) is 2.14. The number of hydrogen-bond acceptors (Lipinski definition) is 3. The summed E-state index contributed by atoms with van der Waals surface area (Å²) in [7, 11) is 0. The van der Waals surface area contributed by atoms with E-state index in [4.69, 9.17) is 0 Å². The number of Topliss-reactive ketones (excluding diaryl/α,β-unsaturated/α-hetero) is 1. The Morgan fingerprint density at radius 1 is 1.35 bits per heavy atom. The first-order valence-corrected chi connectivity index (χ1v) is 8.02. The number of nitrogens with one attached hydrogen (secondary N) is 1. The Balaban J connectivity index is 2.02. The van der Waals surface area contributed by atoms with Gasteiger partial charge in [0, 0.05) is 42.4 Å². The third kappa shape index (κ3) is 4.37. The van der Waals surface area contributed by atoms with Crippen LogP contribution in [0.3, 0.4) is 0 Å². The quantitative estimate of drug-likeness (QED) is 0.848. The maximum Gasteiger partial charge on any atom is 0.216 e. The van der Waals surface area contributed by atoms with Crippen LogP contribution < -0.4 is 5.32 Å². The highest BCUT2D eigenvalue weighted by atomic mass is 32.2. The van der Waals surface area contributed by atoms with Crippen LogP contribution in [0.25, 0.3) is 0 Å². The fourth-order valence-electron chi connectivity index (χ4n) is 2.65. The van der Waals surface area contributed by atoms with E-state index in [0.29, 0.717) is 25.2 Å². The molecule has 0 heterocycles. The van der Waals surface area contributed by atoms with Crippen LogP contribution in [0.2, 0.25) is 0 Å². The Hall–Kier alpha value is -1.29. The number of benzene rings is 1. The molecule has 0 aromatic heterocycles. The lowest BCUT2D eigenvalue weighted by atomic mass is 9.75. The van der Waals surface area contributed by atoms with Crippen molar-refractivity contribution in [2.24, 2.45) is 5.41 Å². The molecule has 1 atom stereocenters. The zero-order valence-corrected chi connectivity index (χ0v) is 12.7. The molecule has 1 saturated carbocycles. The summed E-state index contributed by atoms with van der Waals surface area (Å²) in [5.41, 5.74) is -0.0818. The third-order valence-corrected chi connectivity index (χ3v) is 5.10. The molecule has 0 spiro atoms. The van der Waals surface area contributed by atoms with Crippen molar-refractivity contribution in [1.82, 2.24) is 5.32 Å². The maximum absolute atomic E-state index is 11.8. The van der Waals surface area contributed by atoms with Gasteiger partial charge in [-0.25, -0.2) is 0 Å². The molecule has 1 aliphatic carbocycles. The van der Waals surface area contributed by atoms with Crippen LogP contribution in [-0.4, -0.2) is 24.0 Å². The molecule has 1 aromatic rings. The Bertz CT molecular complexity index is 475. The van der Waals surface area contributed by atoms with Gasteiger partial charge in [-0.2, -0.15) is 0 Å². The second-order valence-electron chi connectivity index (χ2n) is 5.58. The van der Waals surface area contributed by atoms with Crippen molar-refractivity contribution in [3.63, 3.8) is 0 Å². The normalized spacial score (nSPS) is 22.6. The molecule has 3 nitrogen and oxygen atoms in total. The molecule has 4 heteroatoms. The molecule has 1 amide bonds. The van der Waals surface area contributed by atoms with Gasteiger partial charge in [0.15, 0.2) is 0 Å². The lowest BCUT2D eigenvalue weighted by molar-refractivity contribution is -0.125. The monoisotopic (exact) mass is 291 g/mol. The highest BCUT2D eigenvalue weighted by Gasteiger charge is 2.35. The summed E-state index contributed by atoms with van der Waals surface area (Å²) >= 11 is 1.78. The van der Waals surface area contributed by atoms with E-state index in [1.54, 1.807) is 11.8 Å². The van der Waals surface area contributed by atoms with Gasteiger partial charge in [-0.05, 0) is 25.0 Å². The van der Waals surface area contributed by atoms with E-state index in [1.165, 1.54) is 11.8 Å². The van der Waals surface area contributed by atoms with Crippen molar-refractivity contribution >= 4 is 23.5 Å². The van der Waals surface area contributed by atoms with Gasteiger partial charge in [-0.3, -0.25) is 9.59 Å². The molecule has 1 fully saturated rings. The fraction of sp³-hybridized carbons (Fsp3) is 0.500. The van der Waals surface area contributed by atoms with Gasteiger partial charge in [0.1, 0.15) is 5.78 Å². The van der Waals surface area contributed by atoms with Gasteiger partial charge in [0.25, 0.3) is 0 Å². The lowest BCUT2D eigenvalue weighted by Crippen LogP contribution is -2.42. The molecule has 1 aliphatic rings. The van der Waals surface area contributed by atoms with Gasteiger partial charge in [0.2, 0.25) is 5.91 Å². The average Bonchev–Trinajstić information content (AvgIpc) is 2.44. The smallest absolute Gasteiger partial charge is 0.216 e. The van der Waals surface area contributed by atoms with Crippen molar-refractivity contribution in [3.8, 4) is 0 Å². The molecule has 1 aromatic carbocycles. The Morgan fingerprint density at radius 2 is 2.10 bits per heavy atom. The highest BCUT2D eigenvalue weighted by Crippen LogP contribution is 2.39. The van der Waals surface area contributed by atoms with Gasteiger partial charge >= 0.3 is 0 Å².